The molecule has 1 atom stereocenters. The van der Waals surface area contributed by atoms with Crippen LogP contribution < -0.4 is 0 Å². The van der Waals surface area contributed by atoms with E-state index < -0.39 is 0 Å². The molecule has 2 rings (SSSR count). The molecule has 0 amide bonds. The van der Waals surface area contributed by atoms with E-state index in [1.807, 2.05) is 13.0 Å². The van der Waals surface area contributed by atoms with Crippen LogP contribution in [-0.2, 0) is 4.74 Å². The van der Waals surface area contributed by atoms with Crippen molar-refractivity contribution in [1.82, 2.24) is 0 Å². The summed E-state index contributed by atoms with van der Waals surface area (Å²) >= 11 is 0. The number of ether oxygens (including phenoxy) is 1. The maximum absolute atomic E-state index is 9.23. The van der Waals surface area contributed by atoms with Crippen LogP contribution in [-0.4, -0.2) is 23.7 Å². The molecule has 0 fully saturated rings. The molecule has 68 valence electrons. The summed E-state index contributed by atoms with van der Waals surface area (Å²) in [6, 6.07) is 6.93. The van der Waals surface area contributed by atoms with Gasteiger partial charge >= 0.3 is 0 Å². The van der Waals surface area contributed by atoms with Gasteiger partial charge in [-0.1, -0.05) is 6.07 Å². The average molecular weight is 177 g/mol. The summed E-state index contributed by atoms with van der Waals surface area (Å²) in [4.78, 5) is 4.21. The Morgan fingerprint density at radius 2 is 2.38 bits per heavy atom. The van der Waals surface area contributed by atoms with E-state index in [0.29, 0.717) is 12.4 Å². The van der Waals surface area contributed by atoms with Crippen molar-refractivity contribution in [1.29, 1.82) is 0 Å². The average Bonchev–Trinajstić information content (AvgIpc) is 2.52. The van der Waals surface area contributed by atoms with Crippen molar-refractivity contribution in [3.05, 3.63) is 29.8 Å². The molecule has 1 aromatic rings. The molecule has 1 N–H and O–H groups in total. The van der Waals surface area contributed by atoms with Gasteiger partial charge in [-0.3, -0.25) is 0 Å². The minimum atomic E-state index is 0.150. The van der Waals surface area contributed by atoms with Crippen LogP contribution >= 0.6 is 0 Å². The Morgan fingerprint density at radius 1 is 1.54 bits per heavy atom. The number of rotatable bonds is 1. The molecule has 0 bridgehead atoms. The van der Waals surface area contributed by atoms with Crippen LogP contribution in [0.2, 0.25) is 0 Å². The first-order valence-electron chi connectivity index (χ1n) is 4.26. The molecule has 1 unspecified atom stereocenters. The van der Waals surface area contributed by atoms with E-state index in [4.69, 9.17) is 4.74 Å². The molecule has 1 heterocycles. The number of nitrogens with zero attached hydrogens (tertiary/aromatic N) is 1. The number of phenolic OH excluding ortho intramolecular Hbond substituents is 1. The number of hydrogen-bond donors (Lipinski definition) is 1. The summed E-state index contributed by atoms with van der Waals surface area (Å²) in [5.41, 5.74) is 0.837. The van der Waals surface area contributed by atoms with Gasteiger partial charge in [0.25, 0.3) is 0 Å². The van der Waals surface area contributed by atoms with Crippen LogP contribution in [0.1, 0.15) is 12.5 Å². The first-order valence-corrected chi connectivity index (χ1v) is 4.26. The predicted molar refractivity (Wildman–Crippen MR) is 50.1 cm³/mol. The van der Waals surface area contributed by atoms with Crippen molar-refractivity contribution in [2.45, 2.75) is 13.0 Å². The zero-order valence-electron chi connectivity index (χ0n) is 7.40. The summed E-state index contributed by atoms with van der Waals surface area (Å²) in [5.74, 6) is 0.867. The topological polar surface area (TPSA) is 41.8 Å². The smallest absolute Gasteiger partial charge is 0.216 e. The molecule has 0 spiro atoms. The second-order valence-corrected chi connectivity index (χ2v) is 3.12. The molecule has 0 saturated heterocycles. The van der Waals surface area contributed by atoms with Gasteiger partial charge in [0.05, 0.1) is 6.54 Å². The molecule has 0 radical (unpaired) electrons. The number of aliphatic imine (C=N–C) groups is 1. The molecule has 0 aromatic heterocycles. The Bertz CT molecular complexity index is 347. The molecule has 1 aliphatic heterocycles. The summed E-state index contributed by atoms with van der Waals surface area (Å²) < 4.78 is 5.44. The normalized spacial score (nSPS) is 21.0. The van der Waals surface area contributed by atoms with E-state index >= 15 is 0 Å². The lowest BCUT2D eigenvalue weighted by atomic mass is 10.2. The van der Waals surface area contributed by atoms with Crippen LogP contribution in [0.15, 0.2) is 29.3 Å². The monoisotopic (exact) mass is 177 g/mol. The fourth-order valence-corrected chi connectivity index (χ4v) is 1.27. The second kappa shape index (κ2) is 3.09. The Morgan fingerprint density at radius 3 is 3.00 bits per heavy atom. The highest BCUT2D eigenvalue weighted by atomic mass is 16.5. The predicted octanol–water partition coefficient (Wildman–Crippen LogP) is 1.56. The lowest BCUT2D eigenvalue weighted by molar-refractivity contribution is 0.246. The third-order valence-electron chi connectivity index (χ3n) is 1.90. The Balaban J connectivity index is 2.26. The summed E-state index contributed by atoms with van der Waals surface area (Å²) in [6.45, 7) is 2.67. The SMILES string of the molecule is CC1CN=C(c2cccc(O)c2)O1. The van der Waals surface area contributed by atoms with Crippen LogP contribution in [0.25, 0.3) is 0 Å². The highest BCUT2D eigenvalue weighted by Crippen LogP contribution is 2.16. The largest absolute Gasteiger partial charge is 0.508 e. The van der Waals surface area contributed by atoms with Crippen molar-refractivity contribution in [3.63, 3.8) is 0 Å². The fraction of sp³-hybridized carbons (Fsp3) is 0.300. The first kappa shape index (κ1) is 8.10. The summed E-state index contributed by atoms with van der Waals surface area (Å²) in [7, 11) is 0. The van der Waals surface area contributed by atoms with E-state index in [2.05, 4.69) is 4.99 Å². The molecule has 1 aliphatic rings. The standard InChI is InChI=1S/C10H11NO2/c1-7-6-11-10(13-7)8-3-2-4-9(12)5-8/h2-5,7,12H,6H2,1H3. The maximum Gasteiger partial charge on any atom is 0.216 e. The van der Waals surface area contributed by atoms with Gasteiger partial charge in [0.15, 0.2) is 0 Å². The molecule has 1 aromatic carbocycles. The maximum atomic E-state index is 9.23. The summed E-state index contributed by atoms with van der Waals surface area (Å²) in [6.07, 6.45) is 0.150. The number of phenols is 1. The zero-order valence-corrected chi connectivity index (χ0v) is 7.40. The van der Waals surface area contributed by atoms with E-state index in [1.54, 1.807) is 18.2 Å². The number of aromatic hydroxyl groups is 1. The molecule has 3 heteroatoms. The van der Waals surface area contributed by atoms with Gasteiger partial charge in [-0.15, -0.1) is 0 Å². The van der Waals surface area contributed by atoms with Gasteiger partial charge < -0.3 is 9.84 Å². The molecule has 0 saturated carbocycles. The van der Waals surface area contributed by atoms with Crippen LogP contribution in [0, 0.1) is 0 Å². The van der Waals surface area contributed by atoms with E-state index in [1.165, 1.54) is 0 Å². The lowest BCUT2D eigenvalue weighted by Gasteiger charge is -2.05. The minimum absolute atomic E-state index is 0.150. The third kappa shape index (κ3) is 1.64. The second-order valence-electron chi connectivity index (χ2n) is 3.12. The van der Waals surface area contributed by atoms with Crippen LogP contribution in [0.3, 0.4) is 0 Å². The van der Waals surface area contributed by atoms with Crippen molar-refractivity contribution < 1.29 is 9.84 Å². The number of hydrogen-bond acceptors (Lipinski definition) is 3. The van der Waals surface area contributed by atoms with E-state index in [-0.39, 0.29) is 11.9 Å². The van der Waals surface area contributed by atoms with Crippen LogP contribution in [0.4, 0.5) is 0 Å². The van der Waals surface area contributed by atoms with Crippen molar-refractivity contribution in [2.24, 2.45) is 4.99 Å². The molecule has 3 nitrogen and oxygen atoms in total. The number of benzene rings is 1. The van der Waals surface area contributed by atoms with Gasteiger partial charge in [-0.25, -0.2) is 4.99 Å². The van der Waals surface area contributed by atoms with Crippen LogP contribution in [0.5, 0.6) is 5.75 Å². The van der Waals surface area contributed by atoms with Gasteiger partial charge in [0.2, 0.25) is 5.90 Å². The van der Waals surface area contributed by atoms with E-state index in [0.717, 1.165) is 5.56 Å². The van der Waals surface area contributed by atoms with E-state index in [9.17, 15) is 5.11 Å². The molecular formula is C10H11NO2. The van der Waals surface area contributed by atoms with Gasteiger partial charge in [0, 0.05) is 5.56 Å². The summed E-state index contributed by atoms with van der Waals surface area (Å²) in [5, 5.41) is 9.23. The van der Waals surface area contributed by atoms with Gasteiger partial charge in [0.1, 0.15) is 11.9 Å². The zero-order chi connectivity index (χ0) is 9.26. The highest BCUT2D eigenvalue weighted by Gasteiger charge is 2.16. The highest BCUT2D eigenvalue weighted by molar-refractivity contribution is 5.95. The van der Waals surface area contributed by atoms with Crippen molar-refractivity contribution >= 4 is 5.90 Å². The Kier molecular flexibility index (Phi) is 1.93. The quantitative estimate of drug-likeness (QED) is 0.707. The van der Waals surface area contributed by atoms with Gasteiger partial charge in [-0.05, 0) is 25.1 Å². The van der Waals surface area contributed by atoms with Gasteiger partial charge in [-0.2, -0.15) is 0 Å². The third-order valence-corrected chi connectivity index (χ3v) is 1.90. The first-order chi connectivity index (χ1) is 6.25. The Labute approximate surface area is 76.7 Å². The fourth-order valence-electron chi connectivity index (χ4n) is 1.27. The lowest BCUT2D eigenvalue weighted by Crippen LogP contribution is -2.08. The molecule has 13 heavy (non-hydrogen) atoms. The minimum Gasteiger partial charge on any atom is -0.508 e. The van der Waals surface area contributed by atoms with Crippen molar-refractivity contribution in [2.75, 3.05) is 6.54 Å². The molecular weight excluding hydrogens is 166 g/mol. The Hall–Kier alpha value is -1.51. The molecule has 0 aliphatic carbocycles. The van der Waals surface area contributed by atoms with Crippen molar-refractivity contribution in [3.8, 4) is 5.75 Å².